The minimum Gasteiger partial charge on any atom is -0.386 e. The van der Waals surface area contributed by atoms with Crippen molar-refractivity contribution in [3.8, 4) is 0 Å². The Kier molecular flexibility index (Phi) is 15.5. The summed E-state index contributed by atoms with van der Waals surface area (Å²) in [5, 5.41) is 17.6. The van der Waals surface area contributed by atoms with Crippen molar-refractivity contribution in [1.29, 1.82) is 0 Å². The standard InChI is InChI=1S/C17H27Cl2N3O3.HI/c1-3-20-17(21-5-4-6-25-8-7-24-2)22-12-16(23)13-9-14(18)11-15(19)10-13;/h9-11,16,23H,3-8,12H2,1-2H3,(H2,20,21,22);1H. The van der Waals surface area contributed by atoms with Crippen LogP contribution in [0, 0.1) is 0 Å². The van der Waals surface area contributed by atoms with Gasteiger partial charge in [0.1, 0.15) is 0 Å². The van der Waals surface area contributed by atoms with Crippen molar-refractivity contribution in [2.75, 3.05) is 46.6 Å². The van der Waals surface area contributed by atoms with Gasteiger partial charge in [-0.2, -0.15) is 0 Å². The molecule has 6 nitrogen and oxygen atoms in total. The number of hydrogen-bond acceptors (Lipinski definition) is 4. The second-order valence-corrected chi connectivity index (χ2v) is 6.20. The monoisotopic (exact) mass is 519 g/mol. The summed E-state index contributed by atoms with van der Waals surface area (Å²) in [4.78, 5) is 4.39. The van der Waals surface area contributed by atoms with Gasteiger partial charge in [0.05, 0.1) is 25.9 Å². The third kappa shape index (κ3) is 11.4. The lowest BCUT2D eigenvalue weighted by molar-refractivity contribution is 0.0698. The lowest BCUT2D eigenvalue weighted by Gasteiger charge is -2.14. The molecule has 1 unspecified atom stereocenters. The van der Waals surface area contributed by atoms with Crippen LogP contribution in [0.2, 0.25) is 10.0 Å². The van der Waals surface area contributed by atoms with Gasteiger partial charge in [0.25, 0.3) is 0 Å². The quantitative estimate of drug-likeness (QED) is 0.181. The first-order chi connectivity index (χ1) is 12.1. The molecule has 1 atom stereocenters. The molecule has 0 aliphatic carbocycles. The number of nitrogens with one attached hydrogen (secondary N) is 2. The summed E-state index contributed by atoms with van der Waals surface area (Å²) in [6.07, 6.45) is 0.0738. The second-order valence-electron chi connectivity index (χ2n) is 5.32. The van der Waals surface area contributed by atoms with E-state index >= 15 is 0 Å². The summed E-state index contributed by atoms with van der Waals surface area (Å²) < 4.78 is 10.3. The average molecular weight is 520 g/mol. The molecule has 26 heavy (non-hydrogen) atoms. The van der Waals surface area contributed by atoms with Crippen LogP contribution in [0.5, 0.6) is 0 Å². The summed E-state index contributed by atoms with van der Waals surface area (Å²) in [7, 11) is 1.65. The normalized spacial score (nSPS) is 12.4. The van der Waals surface area contributed by atoms with Crippen molar-refractivity contribution in [3.05, 3.63) is 33.8 Å². The Bertz CT molecular complexity index is 516. The Morgan fingerprint density at radius 2 is 1.85 bits per heavy atom. The van der Waals surface area contributed by atoms with Gasteiger partial charge in [0.15, 0.2) is 5.96 Å². The van der Waals surface area contributed by atoms with Gasteiger partial charge in [0.2, 0.25) is 0 Å². The third-order valence-electron chi connectivity index (χ3n) is 3.23. The summed E-state index contributed by atoms with van der Waals surface area (Å²) in [5.74, 6) is 0.645. The average Bonchev–Trinajstić information content (AvgIpc) is 2.57. The lowest BCUT2D eigenvalue weighted by Crippen LogP contribution is -2.38. The first kappa shape index (κ1) is 25.7. The maximum Gasteiger partial charge on any atom is 0.191 e. The number of hydrogen-bond donors (Lipinski definition) is 3. The highest BCUT2D eigenvalue weighted by atomic mass is 127. The first-order valence-electron chi connectivity index (χ1n) is 8.29. The van der Waals surface area contributed by atoms with E-state index in [1.54, 1.807) is 25.3 Å². The van der Waals surface area contributed by atoms with Gasteiger partial charge in [-0.3, -0.25) is 4.99 Å². The molecule has 1 aromatic rings. The number of methoxy groups -OCH3 is 1. The number of ether oxygens (including phenoxy) is 2. The maximum atomic E-state index is 10.3. The molecule has 0 spiro atoms. The highest BCUT2D eigenvalue weighted by molar-refractivity contribution is 14.0. The van der Waals surface area contributed by atoms with Crippen LogP contribution in [0.15, 0.2) is 23.2 Å². The predicted molar refractivity (Wildman–Crippen MR) is 118 cm³/mol. The highest BCUT2D eigenvalue weighted by Crippen LogP contribution is 2.23. The molecule has 0 aliphatic rings. The number of aliphatic imine (C=N–C) groups is 1. The van der Waals surface area contributed by atoms with Gasteiger partial charge >= 0.3 is 0 Å². The predicted octanol–water partition coefficient (Wildman–Crippen LogP) is 3.25. The van der Waals surface area contributed by atoms with E-state index in [4.69, 9.17) is 32.7 Å². The van der Waals surface area contributed by atoms with E-state index in [-0.39, 0.29) is 30.5 Å². The molecule has 0 aromatic heterocycles. The molecule has 1 rings (SSSR count). The van der Waals surface area contributed by atoms with E-state index in [9.17, 15) is 5.11 Å². The molecule has 9 heteroatoms. The topological polar surface area (TPSA) is 75.1 Å². The second kappa shape index (κ2) is 15.7. The van der Waals surface area contributed by atoms with E-state index in [0.717, 1.165) is 19.5 Å². The molecular formula is C17H28Cl2IN3O3. The zero-order valence-electron chi connectivity index (χ0n) is 15.1. The van der Waals surface area contributed by atoms with Crippen LogP contribution in [-0.4, -0.2) is 57.6 Å². The number of guanidine groups is 1. The minimum absolute atomic E-state index is 0. The van der Waals surface area contributed by atoms with Gasteiger partial charge in [0, 0.05) is 36.9 Å². The zero-order chi connectivity index (χ0) is 18.5. The summed E-state index contributed by atoms with van der Waals surface area (Å²) in [6.45, 7) is 5.49. The zero-order valence-corrected chi connectivity index (χ0v) is 19.0. The molecule has 0 heterocycles. The number of aliphatic hydroxyl groups excluding tert-OH is 1. The first-order valence-corrected chi connectivity index (χ1v) is 9.05. The maximum absolute atomic E-state index is 10.3. The van der Waals surface area contributed by atoms with Crippen molar-refractivity contribution >= 4 is 53.1 Å². The molecule has 0 radical (unpaired) electrons. The van der Waals surface area contributed by atoms with Crippen molar-refractivity contribution in [2.45, 2.75) is 19.4 Å². The van der Waals surface area contributed by atoms with Gasteiger partial charge in [-0.1, -0.05) is 23.2 Å². The van der Waals surface area contributed by atoms with Crippen LogP contribution in [0.3, 0.4) is 0 Å². The number of nitrogens with zero attached hydrogens (tertiary/aromatic N) is 1. The SMILES string of the molecule is CCNC(=NCC(O)c1cc(Cl)cc(Cl)c1)NCCCOCCOC.I. The van der Waals surface area contributed by atoms with E-state index in [1.165, 1.54) is 0 Å². The summed E-state index contributed by atoms with van der Waals surface area (Å²) >= 11 is 11.9. The molecule has 0 fully saturated rings. The van der Waals surface area contributed by atoms with E-state index in [0.29, 0.717) is 41.4 Å². The molecule has 0 aliphatic heterocycles. The van der Waals surface area contributed by atoms with Gasteiger partial charge in [-0.15, -0.1) is 24.0 Å². The Balaban J connectivity index is 0.00000625. The minimum atomic E-state index is -0.774. The summed E-state index contributed by atoms with van der Waals surface area (Å²) in [5.41, 5.74) is 0.642. The largest absolute Gasteiger partial charge is 0.386 e. The van der Waals surface area contributed by atoms with Gasteiger partial charge < -0.3 is 25.2 Å². The Hall–Kier alpha value is -0.320. The van der Waals surface area contributed by atoms with E-state index in [1.807, 2.05) is 6.92 Å². The third-order valence-corrected chi connectivity index (χ3v) is 3.66. The molecule has 150 valence electrons. The molecule has 0 saturated carbocycles. The molecule has 3 N–H and O–H groups in total. The Labute approximate surface area is 182 Å². The van der Waals surface area contributed by atoms with Crippen LogP contribution in [-0.2, 0) is 9.47 Å². The van der Waals surface area contributed by atoms with Crippen LogP contribution in [0.25, 0.3) is 0 Å². The Morgan fingerprint density at radius 1 is 1.15 bits per heavy atom. The fourth-order valence-electron chi connectivity index (χ4n) is 2.02. The molecule has 1 aromatic carbocycles. The number of halogens is 3. The fourth-order valence-corrected chi connectivity index (χ4v) is 2.56. The van der Waals surface area contributed by atoms with Crippen LogP contribution >= 0.6 is 47.2 Å². The van der Waals surface area contributed by atoms with Crippen molar-refractivity contribution < 1.29 is 14.6 Å². The fraction of sp³-hybridized carbons (Fsp3) is 0.588. The Morgan fingerprint density at radius 3 is 2.46 bits per heavy atom. The number of aliphatic hydroxyl groups is 1. The van der Waals surface area contributed by atoms with Crippen LogP contribution in [0.1, 0.15) is 25.0 Å². The van der Waals surface area contributed by atoms with Crippen molar-refractivity contribution in [2.24, 2.45) is 4.99 Å². The van der Waals surface area contributed by atoms with E-state index in [2.05, 4.69) is 15.6 Å². The van der Waals surface area contributed by atoms with Gasteiger partial charge in [-0.05, 0) is 37.1 Å². The molecular weight excluding hydrogens is 492 g/mol. The lowest BCUT2D eigenvalue weighted by atomic mass is 10.1. The smallest absolute Gasteiger partial charge is 0.191 e. The van der Waals surface area contributed by atoms with Crippen LogP contribution < -0.4 is 10.6 Å². The van der Waals surface area contributed by atoms with E-state index < -0.39 is 6.10 Å². The summed E-state index contributed by atoms with van der Waals surface area (Å²) in [6, 6.07) is 5.00. The van der Waals surface area contributed by atoms with Crippen LogP contribution in [0.4, 0.5) is 0 Å². The molecule has 0 saturated heterocycles. The van der Waals surface area contributed by atoms with Crippen molar-refractivity contribution in [3.63, 3.8) is 0 Å². The van der Waals surface area contributed by atoms with Gasteiger partial charge in [-0.25, -0.2) is 0 Å². The number of benzene rings is 1. The molecule has 0 amide bonds. The highest BCUT2D eigenvalue weighted by Gasteiger charge is 2.09. The molecule has 0 bridgehead atoms. The number of rotatable bonds is 11. The van der Waals surface area contributed by atoms with Crippen molar-refractivity contribution in [1.82, 2.24) is 10.6 Å².